The zero-order valence-electron chi connectivity index (χ0n) is 17.8. The number of aliphatic hydroxyl groups excluding tert-OH is 1. The molecule has 0 saturated heterocycles. The SMILES string of the molecule is C/C(=C\c1ccc(NC(=S)Nc2ccc(S(=O)(=O)Nc3cc(Cl)c(Cl)c(Cl)c3)cc2)cc1)CO. The van der Waals surface area contributed by atoms with E-state index >= 15 is 0 Å². The highest BCUT2D eigenvalue weighted by Crippen LogP contribution is 2.34. The highest BCUT2D eigenvalue weighted by atomic mass is 35.5. The van der Waals surface area contributed by atoms with E-state index in [2.05, 4.69) is 15.4 Å². The van der Waals surface area contributed by atoms with E-state index in [1.807, 2.05) is 37.3 Å². The zero-order chi connectivity index (χ0) is 24.9. The van der Waals surface area contributed by atoms with Gasteiger partial charge in [-0.1, -0.05) is 53.0 Å². The van der Waals surface area contributed by atoms with E-state index in [-0.39, 0.29) is 32.3 Å². The minimum atomic E-state index is -3.88. The minimum Gasteiger partial charge on any atom is -0.392 e. The fourth-order valence-corrected chi connectivity index (χ4v) is 4.70. The minimum absolute atomic E-state index is 0.00793. The summed E-state index contributed by atoms with van der Waals surface area (Å²) >= 11 is 23.2. The lowest BCUT2D eigenvalue weighted by Crippen LogP contribution is -2.19. The molecule has 0 amide bonds. The molecule has 4 N–H and O–H groups in total. The highest BCUT2D eigenvalue weighted by molar-refractivity contribution is 7.92. The predicted octanol–water partition coefficient (Wildman–Crippen LogP) is 6.65. The van der Waals surface area contributed by atoms with Crippen molar-refractivity contribution < 1.29 is 13.5 Å². The van der Waals surface area contributed by atoms with Gasteiger partial charge in [0.15, 0.2) is 5.11 Å². The molecular weight excluding hydrogens is 537 g/mol. The van der Waals surface area contributed by atoms with Crippen LogP contribution in [0.5, 0.6) is 0 Å². The van der Waals surface area contributed by atoms with Crippen LogP contribution in [0.4, 0.5) is 17.1 Å². The second kappa shape index (κ2) is 11.4. The molecule has 0 aliphatic heterocycles. The molecule has 34 heavy (non-hydrogen) atoms. The third kappa shape index (κ3) is 7.09. The maximum Gasteiger partial charge on any atom is 0.261 e. The van der Waals surface area contributed by atoms with Crippen LogP contribution in [0.1, 0.15) is 12.5 Å². The second-order valence-electron chi connectivity index (χ2n) is 7.23. The van der Waals surface area contributed by atoms with Crippen LogP contribution in [0.3, 0.4) is 0 Å². The zero-order valence-corrected chi connectivity index (χ0v) is 21.7. The second-order valence-corrected chi connectivity index (χ2v) is 10.5. The van der Waals surface area contributed by atoms with Crippen molar-refractivity contribution in [3.63, 3.8) is 0 Å². The number of anilines is 3. The van der Waals surface area contributed by atoms with Crippen molar-refractivity contribution in [2.24, 2.45) is 0 Å². The molecule has 0 fully saturated rings. The van der Waals surface area contributed by atoms with Gasteiger partial charge in [0, 0.05) is 11.4 Å². The van der Waals surface area contributed by atoms with Gasteiger partial charge in [-0.15, -0.1) is 0 Å². The average Bonchev–Trinajstić information content (AvgIpc) is 2.78. The quantitative estimate of drug-likeness (QED) is 0.192. The van der Waals surface area contributed by atoms with Crippen molar-refractivity contribution in [3.05, 3.63) is 86.9 Å². The molecule has 0 aliphatic rings. The van der Waals surface area contributed by atoms with E-state index in [4.69, 9.17) is 52.1 Å². The molecule has 11 heteroatoms. The topological polar surface area (TPSA) is 90.5 Å². The van der Waals surface area contributed by atoms with Crippen LogP contribution in [0, 0.1) is 0 Å². The van der Waals surface area contributed by atoms with Crippen molar-refractivity contribution in [2.45, 2.75) is 11.8 Å². The smallest absolute Gasteiger partial charge is 0.261 e. The Kier molecular flexibility index (Phi) is 8.81. The summed E-state index contributed by atoms with van der Waals surface area (Å²) in [5.41, 5.74) is 3.40. The summed E-state index contributed by atoms with van der Waals surface area (Å²) in [6.07, 6.45) is 1.89. The Balaban J connectivity index is 1.63. The van der Waals surface area contributed by atoms with Crippen LogP contribution in [-0.4, -0.2) is 25.2 Å². The first-order valence-electron chi connectivity index (χ1n) is 9.81. The molecule has 0 radical (unpaired) electrons. The molecule has 3 aromatic carbocycles. The van der Waals surface area contributed by atoms with E-state index in [1.165, 1.54) is 24.3 Å². The van der Waals surface area contributed by atoms with Gasteiger partial charge < -0.3 is 15.7 Å². The van der Waals surface area contributed by atoms with Crippen molar-refractivity contribution in [1.82, 2.24) is 0 Å². The largest absolute Gasteiger partial charge is 0.392 e. The van der Waals surface area contributed by atoms with E-state index in [9.17, 15) is 8.42 Å². The molecule has 0 saturated carbocycles. The van der Waals surface area contributed by atoms with E-state index < -0.39 is 10.0 Å². The van der Waals surface area contributed by atoms with Crippen LogP contribution in [0.2, 0.25) is 15.1 Å². The third-order valence-electron chi connectivity index (χ3n) is 4.49. The molecule has 0 unspecified atom stereocenters. The van der Waals surface area contributed by atoms with Crippen LogP contribution in [0.25, 0.3) is 6.08 Å². The molecule has 0 aliphatic carbocycles. The fraction of sp³-hybridized carbons (Fsp3) is 0.0870. The molecule has 6 nitrogen and oxygen atoms in total. The lowest BCUT2D eigenvalue weighted by molar-refractivity contribution is 0.332. The summed E-state index contributed by atoms with van der Waals surface area (Å²) in [5, 5.41) is 15.9. The first-order valence-corrected chi connectivity index (χ1v) is 12.8. The summed E-state index contributed by atoms with van der Waals surface area (Å²) in [5.74, 6) is 0. The van der Waals surface area contributed by atoms with Gasteiger partial charge >= 0.3 is 0 Å². The van der Waals surface area contributed by atoms with Crippen molar-refractivity contribution >= 4 is 85.3 Å². The summed E-state index contributed by atoms with van der Waals surface area (Å²) in [7, 11) is -3.88. The Morgan fingerprint density at radius 1 is 0.912 bits per heavy atom. The summed E-state index contributed by atoms with van der Waals surface area (Å²) in [6.45, 7) is 1.86. The van der Waals surface area contributed by atoms with Crippen molar-refractivity contribution in [3.8, 4) is 0 Å². The van der Waals surface area contributed by atoms with Gasteiger partial charge in [0.25, 0.3) is 10.0 Å². The molecule has 3 aromatic rings. The molecular formula is C23H20Cl3N3O3S2. The average molecular weight is 557 g/mol. The van der Waals surface area contributed by atoms with Gasteiger partial charge in [0.05, 0.1) is 32.3 Å². The Labute approximate surface area is 218 Å². The lowest BCUT2D eigenvalue weighted by atomic mass is 10.1. The monoisotopic (exact) mass is 555 g/mol. The standard InChI is InChI=1S/C23H20Cl3N3O3S2/c1-14(13-30)10-15-2-4-16(5-3-15)27-23(33)28-17-6-8-19(9-7-17)34(31,32)29-18-11-20(24)22(26)21(25)12-18/h2-12,29-30H,13H2,1H3,(H2,27,28,33)/b14-10+. The molecule has 0 atom stereocenters. The molecule has 3 rings (SSSR count). The first kappa shape index (κ1) is 26.3. The first-order chi connectivity index (χ1) is 16.1. The van der Waals surface area contributed by atoms with Crippen LogP contribution in [0.15, 0.2) is 71.1 Å². The lowest BCUT2D eigenvalue weighted by Gasteiger charge is -2.12. The van der Waals surface area contributed by atoms with E-state index in [1.54, 1.807) is 12.1 Å². The normalized spacial score (nSPS) is 11.7. The van der Waals surface area contributed by atoms with Gasteiger partial charge in [0.1, 0.15) is 0 Å². The van der Waals surface area contributed by atoms with Gasteiger partial charge in [-0.2, -0.15) is 0 Å². The van der Waals surface area contributed by atoms with Gasteiger partial charge in [0.2, 0.25) is 0 Å². The van der Waals surface area contributed by atoms with Crippen LogP contribution < -0.4 is 15.4 Å². The number of sulfonamides is 1. The van der Waals surface area contributed by atoms with Crippen LogP contribution in [-0.2, 0) is 10.0 Å². The fourth-order valence-electron chi connectivity index (χ4n) is 2.83. The number of nitrogens with one attached hydrogen (secondary N) is 3. The number of benzene rings is 3. The molecule has 178 valence electrons. The van der Waals surface area contributed by atoms with Crippen molar-refractivity contribution in [2.75, 3.05) is 22.0 Å². The summed E-state index contributed by atoms with van der Waals surface area (Å²) < 4.78 is 27.8. The third-order valence-corrected chi connectivity index (χ3v) is 7.29. The van der Waals surface area contributed by atoms with Gasteiger partial charge in [-0.25, -0.2) is 8.42 Å². The molecule has 0 spiro atoms. The summed E-state index contributed by atoms with van der Waals surface area (Å²) in [6, 6.07) is 16.4. The van der Waals surface area contributed by atoms with E-state index in [0.717, 1.165) is 16.8 Å². The Hall–Kier alpha value is -2.33. The molecule has 0 aromatic heterocycles. The Bertz CT molecular complexity index is 1300. The summed E-state index contributed by atoms with van der Waals surface area (Å²) in [4.78, 5) is 0.0425. The maximum atomic E-state index is 12.7. The number of halogens is 3. The predicted molar refractivity (Wildman–Crippen MR) is 146 cm³/mol. The molecule has 0 heterocycles. The number of hydrogen-bond acceptors (Lipinski definition) is 4. The maximum absolute atomic E-state index is 12.7. The number of hydrogen-bond donors (Lipinski definition) is 4. The van der Waals surface area contributed by atoms with Crippen molar-refractivity contribution in [1.29, 1.82) is 0 Å². The van der Waals surface area contributed by atoms with Gasteiger partial charge in [-0.3, -0.25) is 4.72 Å². The number of aliphatic hydroxyl groups is 1. The Morgan fingerprint density at radius 3 is 1.91 bits per heavy atom. The molecule has 0 bridgehead atoms. The number of thiocarbonyl (C=S) groups is 1. The van der Waals surface area contributed by atoms with Crippen LogP contribution >= 0.6 is 47.0 Å². The Morgan fingerprint density at radius 2 is 1.41 bits per heavy atom. The van der Waals surface area contributed by atoms with E-state index in [0.29, 0.717) is 10.8 Å². The number of rotatable bonds is 7. The highest BCUT2D eigenvalue weighted by Gasteiger charge is 2.16. The van der Waals surface area contributed by atoms with Gasteiger partial charge in [-0.05, 0) is 78.8 Å².